The molecule has 3 nitrogen and oxygen atoms in total. The predicted molar refractivity (Wildman–Crippen MR) is 94.8 cm³/mol. The molecule has 0 radical (unpaired) electrons. The van der Waals surface area contributed by atoms with Crippen LogP contribution in [0.5, 0.6) is 0 Å². The molecule has 0 aromatic rings. The Morgan fingerprint density at radius 1 is 1.00 bits per heavy atom. The maximum atomic E-state index is 10.9. The minimum absolute atomic E-state index is 0.0889. The first-order valence-electron chi connectivity index (χ1n) is 9.18. The zero-order valence-electron chi connectivity index (χ0n) is 14.8. The average molecular weight is 312 g/mol. The van der Waals surface area contributed by atoms with Crippen molar-refractivity contribution in [2.75, 3.05) is 7.11 Å². The molecular formula is C19H37NO2. The average Bonchev–Trinajstić information content (AvgIpc) is 2.53. The minimum atomic E-state index is -0.0889. The zero-order valence-corrected chi connectivity index (χ0v) is 14.8. The molecule has 0 aliphatic rings. The van der Waals surface area contributed by atoms with E-state index in [2.05, 4.69) is 23.8 Å². The van der Waals surface area contributed by atoms with Crippen LogP contribution in [0.1, 0.15) is 90.4 Å². The Hall–Kier alpha value is -0.830. The molecule has 130 valence electrons. The van der Waals surface area contributed by atoms with Gasteiger partial charge in [-0.1, -0.05) is 64.0 Å². The number of hydrogen-bond donors (Lipinski definition) is 1. The molecule has 0 aromatic heterocycles. The van der Waals surface area contributed by atoms with E-state index in [0.717, 1.165) is 32.1 Å². The molecule has 0 bridgehead atoms. The van der Waals surface area contributed by atoms with Gasteiger partial charge < -0.3 is 10.5 Å². The van der Waals surface area contributed by atoms with E-state index in [1.54, 1.807) is 0 Å². The van der Waals surface area contributed by atoms with Gasteiger partial charge in [-0.3, -0.25) is 4.79 Å². The van der Waals surface area contributed by atoms with Crippen LogP contribution in [0.4, 0.5) is 0 Å². The van der Waals surface area contributed by atoms with E-state index in [0.29, 0.717) is 12.5 Å². The number of unbranched alkanes of at least 4 members (excludes halogenated alkanes) is 8. The maximum Gasteiger partial charge on any atom is 0.305 e. The van der Waals surface area contributed by atoms with E-state index in [-0.39, 0.29) is 5.97 Å². The topological polar surface area (TPSA) is 52.3 Å². The highest BCUT2D eigenvalue weighted by molar-refractivity contribution is 5.68. The lowest BCUT2D eigenvalue weighted by Crippen LogP contribution is -2.18. The van der Waals surface area contributed by atoms with Crippen molar-refractivity contribution < 1.29 is 9.53 Å². The van der Waals surface area contributed by atoms with Gasteiger partial charge in [0.1, 0.15) is 0 Å². The number of rotatable bonds is 15. The Kier molecular flexibility index (Phi) is 15.9. The van der Waals surface area contributed by atoms with Crippen molar-refractivity contribution in [2.24, 2.45) is 5.73 Å². The van der Waals surface area contributed by atoms with Crippen molar-refractivity contribution >= 4 is 5.97 Å². The first-order chi connectivity index (χ1) is 10.7. The molecule has 0 fully saturated rings. The molecule has 0 aromatic carbocycles. The summed E-state index contributed by atoms with van der Waals surface area (Å²) in [6, 6.07) is 0.339. The summed E-state index contributed by atoms with van der Waals surface area (Å²) in [7, 11) is 1.45. The molecule has 0 rings (SSSR count). The molecule has 1 atom stereocenters. The lowest BCUT2D eigenvalue weighted by Gasteiger charge is -2.08. The third kappa shape index (κ3) is 15.6. The molecule has 22 heavy (non-hydrogen) atoms. The van der Waals surface area contributed by atoms with E-state index >= 15 is 0 Å². The van der Waals surface area contributed by atoms with Gasteiger partial charge >= 0.3 is 5.97 Å². The van der Waals surface area contributed by atoms with E-state index in [1.807, 2.05) is 0 Å². The van der Waals surface area contributed by atoms with Gasteiger partial charge in [0.05, 0.1) is 7.11 Å². The Balaban J connectivity index is 3.28. The van der Waals surface area contributed by atoms with Crippen molar-refractivity contribution in [2.45, 2.75) is 96.4 Å². The number of allylic oxidation sites excluding steroid dienone is 1. The van der Waals surface area contributed by atoms with Gasteiger partial charge in [-0.25, -0.2) is 0 Å². The molecule has 0 saturated carbocycles. The summed E-state index contributed by atoms with van der Waals surface area (Å²) >= 11 is 0. The summed E-state index contributed by atoms with van der Waals surface area (Å²) in [5.41, 5.74) is 6.10. The molecule has 0 aliphatic heterocycles. The molecular weight excluding hydrogens is 274 g/mol. The van der Waals surface area contributed by atoms with Crippen molar-refractivity contribution in [1.29, 1.82) is 0 Å². The second-order valence-corrected chi connectivity index (χ2v) is 6.20. The first kappa shape index (κ1) is 21.2. The normalized spacial score (nSPS) is 12.7. The van der Waals surface area contributed by atoms with Crippen LogP contribution >= 0.6 is 0 Å². The van der Waals surface area contributed by atoms with Gasteiger partial charge in [-0.05, 0) is 32.1 Å². The molecule has 0 spiro atoms. The van der Waals surface area contributed by atoms with Crippen LogP contribution in [0.3, 0.4) is 0 Å². The fraction of sp³-hybridized carbons (Fsp3) is 0.842. The summed E-state index contributed by atoms with van der Waals surface area (Å²) in [4.78, 5) is 10.9. The van der Waals surface area contributed by atoms with Crippen LogP contribution in [-0.4, -0.2) is 19.1 Å². The second-order valence-electron chi connectivity index (χ2n) is 6.20. The molecule has 3 heteroatoms. The van der Waals surface area contributed by atoms with E-state index in [9.17, 15) is 4.79 Å². The van der Waals surface area contributed by atoms with Gasteiger partial charge in [-0.15, -0.1) is 0 Å². The number of ether oxygens (including phenoxy) is 1. The van der Waals surface area contributed by atoms with Gasteiger partial charge in [0.2, 0.25) is 0 Å². The molecule has 2 N–H and O–H groups in total. The van der Waals surface area contributed by atoms with E-state index in [1.165, 1.54) is 52.1 Å². The summed E-state index contributed by atoms with van der Waals surface area (Å²) in [6.45, 7) is 2.24. The van der Waals surface area contributed by atoms with E-state index < -0.39 is 0 Å². The maximum absolute atomic E-state index is 10.9. The van der Waals surface area contributed by atoms with Gasteiger partial charge in [0.15, 0.2) is 0 Å². The fourth-order valence-corrected chi connectivity index (χ4v) is 2.50. The van der Waals surface area contributed by atoms with Crippen LogP contribution in [0.15, 0.2) is 12.2 Å². The number of carbonyl (C=O) groups excluding carboxylic acids is 1. The summed E-state index contributed by atoms with van der Waals surface area (Å²) in [5.74, 6) is -0.0889. The summed E-state index contributed by atoms with van der Waals surface area (Å²) < 4.78 is 4.62. The first-order valence-corrected chi connectivity index (χ1v) is 9.18. The highest BCUT2D eigenvalue weighted by Gasteiger charge is 2.00. The largest absolute Gasteiger partial charge is 0.469 e. The third-order valence-electron chi connectivity index (χ3n) is 4.01. The SMILES string of the molecule is CCCCCCC(N)C/C=C\CCCCCCCC(=O)OC. The predicted octanol–water partition coefficient (Wildman–Crippen LogP) is 5.13. The van der Waals surface area contributed by atoms with Crippen LogP contribution in [-0.2, 0) is 9.53 Å². The van der Waals surface area contributed by atoms with Gasteiger partial charge in [0.25, 0.3) is 0 Å². The zero-order chi connectivity index (χ0) is 16.5. The number of esters is 1. The van der Waals surface area contributed by atoms with Crippen molar-refractivity contribution in [3.63, 3.8) is 0 Å². The standard InChI is InChI=1S/C19H37NO2/c1-3-4-5-12-15-18(20)16-13-10-8-6-7-9-11-14-17-19(21)22-2/h10,13,18H,3-9,11-12,14-17,20H2,1-2H3/b13-10-. The van der Waals surface area contributed by atoms with E-state index in [4.69, 9.17) is 5.73 Å². The lowest BCUT2D eigenvalue weighted by atomic mass is 10.0. The molecule has 1 unspecified atom stereocenters. The Morgan fingerprint density at radius 3 is 2.41 bits per heavy atom. The van der Waals surface area contributed by atoms with Crippen LogP contribution < -0.4 is 5.73 Å². The molecule has 0 saturated heterocycles. The molecule has 0 aliphatic carbocycles. The monoisotopic (exact) mass is 311 g/mol. The van der Waals surface area contributed by atoms with Crippen molar-refractivity contribution in [3.05, 3.63) is 12.2 Å². The highest BCUT2D eigenvalue weighted by atomic mass is 16.5. The highest BCUT2D eigenvalue weighted by Crippen LogP contribution is 2.09. The van der Waals surface area contributed by atoms with Gasteiger partial charge in [-0.2, -0.15) is 0 Å². The number of hydrogen-bond acceptors (Lipinski definition) is 3. The Bertz CT molecular complexity index is 277. The van der Waals surface area contributed by atoms with Crippen molar-refractivity contribution in [3.8, 4) is 0 Å². The van der Waals surface area contributed by atoms with Crippen LogP contribution in [0, 0.1) is 0 Å². The smallest absolute Gasteiger partial charge is 0.305 e. The summed E-state index contributed by atoms with van der Waals surface area (Å²) in [5, 5.41) is 0. The fourth-order valence-electron chi connectivity index (χ4n) is 2.50. The molecule has 0 heterocycles. The number of carbonyl (C=O) groups is 1. The quantitative estimate of drug-likeness (QED) is 0.259. The van der Waals surface area contributed by atoms with Gasteiger partial charge in [0, 0.05) is 12.5 Å². The number of methoxy groups -OCH3 is 1. The second kappa shape index (κ2) is 16.5. The van der Waals surface area contributed by atoms with Crippen molar-refractivity contribution in [1.82, 2.24) is 0 Å². The minimum Gasteiger partial charge on any atom is -0.469 e. The molecule has 0 amide bonds. The lowest BCUT2D eigenvalue weighted by molar-refractivity contribution is -0.140. The van der Waals surface area contributed by atoms with Crippen LogP contribution in [0.2, 0.25) is 0 Å². The summed E-state index contributed by atoms with van der Waals surface area (Å²) in [6.07, 6.45) is 19.4. The van der Waals surface area contributed by atoms with Crippen LogP contribution in [0.25, 0.3) is 0 Å². The third-order valence-corrected chi connectivity index (χ3v) is 4.01. The Labute approximate surface area is 137 Å². The Morgan fingerprint density at radius 2 is 1.68 bits per heavy atom. The number of nitrogens with two attached hydrogens (primary N) is 1.